The number of nitrogens with zero attached hydrogens (tertiary/aromatic N) is 3. The van der Waals surface area contributed by atoms with Crippen LogP contribution in [-0.4, -0.2) is 13.7 Å². The van der Waals surface area contributed by atoms with Crippen molar-refractivity contribution in [2.24, 2.45) is 5.11 Å². The fraction of sp³-hybridized carbons (Fsp3) is 0.273. The zero-order valence-electron chi connectivity index (χ0n) is 10.4. The topological polar surface area (TPSA) is 79.2 Å². The molecular weight excluding hydrogens is 277 g/mol. The van der Waals surface area contributed by atoms with Crippen LogP contribution >= 0.6 is 0 Å². The number of hydroxylamine groups is 1. The molecule has 0 unspecified atom stereocenters. The van der Waals surface area contributed by atoms with Gasteiger partial charge < -0.3 is 4.74 Å². The molecule has 0 aliphatic rings. The molecule has 0 aromatic heterocycles. The Morgan fingerprint density at radius 2 is 2.25 bits per heavy atom. The average molecular weight is 288 g/mol. The van der Waals surface area contributed by atoms with E-state index in [1.807, 2.05) is 0 Å². The first-order valence-corrected chi connectivity index (χ1v) is 5.30. The molecule has 0 heterocycles. The van der Waals surface area contributed by atoms with Gasteiger partial charge in [0.1, 0.15) is 12.0 Å². The van der Waals surface area contributed by atoms with E-state index in [0.29, 0.717) is 0 Å². The summed E-state index contributed by atoms with van der Waals surface area (Å²) in [4.78, 5) is 7.15. The predicted molar refractivity (Wildman–Crippen MR) is 64.3 cm³/mol. The first kappa shape index (κ1) is 15.7. The van der Waals surface area contributed by atoms with Crippen molar-refractivity contribution >= 4 is 0 Å². The van der Waals surface area contributed by atoms with Gasteiger partial charge in [0.2, 0.25) is 0 Å². The SMILES string of the molecule is CONC(=COc1cccc(C(F)(F)F)c1)CN=[N+]=[N-]. The summed E-state index contributed by atoms with van der Waals surface area (Å²) in [5, 5.41) is 3.27. The van der Waals surface area contributed by atoms with Gasteiger partial charge in [-0.1, -0.05) is 11.2 Å². The van der Waals surface area contributed by atoms with Gasteiger partial charge in [-0.2, -0.15) is 13.2 Å². The lowest BCUT2D eigenvalue weighted by atomic mass is 10.2. The smallest absolute Gasteiger partial charge is 0.416 e. The Morgan fingerprint density at radius 3 is 2.85 bits per heavy atom. The third-order valence-electron chi connectivity index (χ3n) is 2.04. The maximum absolute atomic E-state index is 12.5. The highest BCUT2D eigenvalue weighted by molar-refractivity contribution is 5.30. The predicted octanol–water partition coefficient (Wildman–Crippen LogP) is 3.39. The molecule has 0 aliphatic carbocycles. The summed E-state index contributed by atoms with van der Waals surface area (Å²) >= 11 is 0. The molecule has 0 fully saturated rings. The largest absolute Gasteiger partial charge is 0.463 e. The van der Waals surface area contributed by atoms with Crippen molar-refractivity contribution in [3.8, 4) is 5.75 Å². The number of ether oxygens (including phenoxy) is 1. The Morgan fingerprint density at radius 1 is 1.50 bits per heavy atom. The molecule has 0 radical (unpaired) electrons. The zero-order valence-corrected chi connectivity index (χ0v) is 10.4. The van der Waals surface area contributed by atoms with Crippen molar-refractivity contribution < 1.29 is 22.7 Å². The van der Waals surface area contributed by atoms with E-state index >= 15 is 0 Å². The normalized spacial score (nSPS) is 11.7. The van der Waals surface area contributed by atoms with Crippen LogP contribution in [0.3, 0.4) is 0 Å². The summed E-state index contributed by atoms with van der Waals surface area (Å²) in [5.74, 6) is -0.00355. The minimum absolute atomic E-state index is 0.00355. The molecule has 0 bridgehead atoms. The number of alkyl halides is 3. The average Bonchev–Trinajstić information content (AvgIpc) is 2.41. The lowest BCUT2D eigenvalue weighted by Gasteiger charge is -2.09. The number of azide groups is 1. The maximum atomic E-state index is 12.5. The molecule has 9 heteroatoms. The van der Waals surface area contributed by atoms with E-state index in [9.17, 15) is 13.2 Å². The van der Waals surface area contributed by atoms with Crippen molar-refractivity contribution in [3.05, 3.63) is 52.2 Å². The van der Waals surface area contributed by atoms with E-state index in [4.69, 9.17) is 10.3 Å². The standard InChI is InChI=1S/C11H11F3N4O2/c1-19-17-9(6-16-18-15)7-20-10-4-2-3-8(5-10)11(12,13)14/h2-5,7,17H,6H2,1H3. The molecule has 0 aliphatic heterocycles. The van der Waals surface area contributed by atoms with Crippen molar-refractivity contribution in [1.29, 1.82) is 0 Å². The molecule has 20 heavy (non-hydrogen) atoms. The third kappa shape index (κ3) is 5.09. The first-order chi connectivity index (χ1) is 9.47. The van der Waals surface area contributed by atoms with Crippen LogP contribution in [0, 0.1) is 0 Å². The van der Waals surface area contributed by atoms with Crippen molar-refractivity contribution in [2.45, 2.75) is 6.18 Å². The quantitative estimate of drug-likeness (QED) is 0.286. The van der Waals surface area contributed by atoms with Crippen LogP contribution in [-0.2, 0) is 11.0 Å². The van der Waals surface area contributed by atoms with Crippen LogP contribution < -0.4 is 10.2 Å². The molecule has 0 spiro atoms. The minimum atomic E-state index is -4.44. The number of rotatable bonds is 6. The Hall–Kier alpha value is -2.38. The molecule has 1 N–H and O–H groups in total. The molecule has 108 valence electrons. The van der Waals surface area contributed by atoms with Gasteiger partial charge in [-0.05, 0) is 23.7 Å². The molecule has 0 amide bonds. The van der Waals surface area contributed by atoms with Crippen molar-refractivity contribution in [2.75, 3.05) is 13.7 Å². The number of hydrogen-bond acceptors (Lipinski definition) is 4. The second-order valence-corrected chi connectivity index (χ2v) is 3.48. The van der Waals surface area contributed by atoms with Gasteiger partial charge in [0.05, 0.1) is 24.9 Å². The summed E-state index contributed by atoms with van der Waals surface area (Å²) < 4.78 is 42.6. The number of hydrogen-bond donors (Lipinski definition) is 1. The van der Waals surface area contributed by atoms with Gasteiger partial charge in [0.25, 0.3) is 0 Å². The second kappa shape index (κ2) is 7.27. The molecule has 1 rings (SSSR count). The maximum Gasteiger partial charge on any atom is 0.416 e. The molecule has 6 nitrogen and oxygen atoms in total. The molecule has 0 atom stereocenters. The van der Waals surface area contributed by atoms with Crippen LogP contribution in [0.5, 0.6) is 5.75 Å². The van der Waals surface area contributed by atoms with E-state index < -0.39 is 11.7 Å². The zero-order chi connectivity index (χ0) is 15.0. The summed E-state index contributed by atoms with van der Waals surface area (Å²) in [6.07, 6.45) is -3.34. The van der Waals surface area contributed by atoms with Gasteiger partial charge in [0.15, 0.2) is 0 Å². The van der Waals surface area contributed by atoms with Gasteiger partial charge in [-0.15, -0.1) is 0 Å². The van der Waals surface area contributed by atoms with Crippen LogP contribution in [0.15, 0.2) is 41.3 Å². The third-order valence-corrected chi connectivity index (χ3v) is 2.04. The van der Waals surface area contributed by atoms with Crippen LogP contribution in [0.2, 0.25) is 0 Å². The summed E-state index contributed by atoms with van der Waals surface area (Å²) in [6, 6.07) is 4.38. The van der Waals surface area contributed by atoms with Crippen LogP contribution in [0.25, 0.3) is 10.4 Å². The van der Waals surface area contributed by atoms with Gasteiger partial charge in [-0.3, -0.25) is 10.3 Å². The summed E-state index contributed by atoms with van der Waals surface area (Å²) in [5.41, 5.74) is 10.0. The number of halogens is 3. The van der Waals surface area contributed by atoms with E-state index in [-0.39, 0.29) is 18.0 Å². The van der Waals surface area contributed by atoms with Crippen LogP contribution in [0.4, 0.5) is 13.2 Å². The second-order valence-electron chi connectivity index (χ2n) is 3.48. The Kier molecular flexibility index (Phi) is 5.70. The van der Waals surface area contributed by atoms with Gasteiger partial charge >= 0.3 is 6.18 Å². The number of nitrogens with one attached hydrogen (secondary N) is 1. The minimum Gasteiger partial charge on any atom is -0.463 e. The van der Waals surface area contributed by atoms with E-state index in [2.05, 4.69) is 20.3 Å². The highest BCUT2D eigenvalue weighted by Crippen LogP contribution is 2.31. The van der Waals surface area contributed by atoms with E-state index in [1.54, 1.807) is 0 Å². The van der Waals surface area contributed by atoms with Gasteiger partial charge in [-0.25, -0.2) is 0 Å². The van der Waals surface area contributed by atoms with Gasteiger partial charge in [0, 0.05) is 4.91 Å². The fourth-order valence-electron chi connectivity index (χ4n) is 1.22. The highest BCUT2D eigenvalue weighted by atomic mass is 19.4. The fourth-order valence-corrected chi connectivity index (χ4v) is 1.22. The van der Waals surface area contributed by atoms with Crippen molar-refractivity contribution in [3.63, 3.8) is 0 Å². The molecule has 1 aromatic rings. The van der Waals surface area contributed by atoms with E-state index in [1.165, 1.54) is 19.2 Å². The summed E-state index contributed by atoms with van der Waals surface area (Å²) in [6.45, 7) is -0.0939. The molecule has 0 saturated carbocycles. The Labute approximate surface area is 112 Å². The Bertz CT molecular complexity index is 525. The molecule has 0 saturated heterocycles. The lowest BCUT2D eigenvalue weighted by molar-refractivity contribution is -0.137. The van der Waals surface area contributed by atoms with Crippen LogP contribution in [0.1, 0.15) is 5.56 Å². The summed E-state index contributed by atoms with van der Waals surface area (Å²) in [7, 11) is 1.33. The highest BCUT2D eigenvalue weighted by Gasteiger charge is 2.30. The molecular formula is C11H11F3N4O2. The Balaban J connectivity index is 2.83. The number of benzene rings is 1. The molecule has 1 aromatic carbocycles. The lowest BCUT2D eigenvalue weighted by Crippen LogP contribution is -2.14. The first-order valence-electron chi connectivity index (χ1n) is 5.30. The van der Waals surface area contributed by atoms with E-state index in [0.717, 1.165) is 18.4 Å². The monoisotopic (exact) mass is 288 g/mol. The van der Waals surface area contributed by atoms with Crippen molar-refractivity contribution in [1.82, 2.24) is 5.48 Å².